The quantitative estimate of drug-likeness (QED) is 0.382. The molecule has 0 aromatic rings. The van der Waals surface area contributed by atoms with Crippen LogP contribution >= 0.6 is 7.82 Å². The van der Waals surface area contributed by atoms with Crippen LogP contribution in [0.1, 0.15) is 0 Å². The second-order valence-corrected chi connectivity index (χ2v) is 1.68. The van der Waals surface area contributed by atoms with Gasteiger partial charge >= 0.3 is 45.6 Å². The van der Waals surface area contributed by atoms with Crippen molar-refractivity contribution in [3.8, 4) is 0 Å². The van der Waals surface area contributed by atoms with Crippen LogP contribution in [0, 0.1) is 0 Å². The van der Waals surface area contributed by atoms with Crippen LogP contribution in [-0.4, -0.2) is 47.5 Å². The van der Waals surface area contributed by atoms with Gasteiger partial charge in [-0.15, -0.1) is 0 Å². The van der Waals surface area contributed by atoms with E-state index in [1.807, 2.05) is 0 Å². The first-order valence-corrected chi connectivity index (χ1v) is 2.45. The molecule has 4 nitrogen and oxygen atoms in total. The van der Waals surface area contributed by atoms with Gasteiger partial charge in [0.15, 0.2) is 0 Å². The fourth-order valence-electron chi connectivity index (χ4n) is 0. The molecular weight excluding hydrogens is 154 g/mol. The van der Waals surface area contributed by atoms with E-state index < -0.39 is 7.82 Å². The summed E-state index contributed by atoms with van der Waals surface area (Å²) in [6.45, 7) is 0. The summed E-state index contributed by atoms with van der Waals surface area (Å²) < 4.78 is 21.4. The van der Waals surface area contributed by atoms with Gasteiger partial charge in [0.2, 0.25) is 0 Å². The minimum atomic E-state index is -4.81. The molecule has 2 N–H and O–H groups in total. The topological polar surface area (TPSA) is 66.8 Å². The maximum absolute atomic E-state index is 10.2. The molecule has 0 bridgehead atoms. The van der Waals surface area contributed by atoms with Gasteiger partial charge < -0.3 is 9.79 Å². The summed E-state index contributed by atoms with van der Waals surface area (Å²) in [6.07, 6.45) is 0. The number of hydrogen-bond acceptors (Lipinski definition) is 2. The Labute approximate surface area is 68.8 Å². The molecule has 0 aliphatic rings. The van der Waals surface area contributed by atoms with Crippen LogP contribution in [0.2, 0.25) is 0 Å². The van der Waals surface area contributed by atoms with E-state index in [2.05, 4.69) is 4.73 Å². The van der Waals surface area contributed by atoms with E-state index in [-0.39, 0.29) is 37.7 Å². The van der Waals surface area contributed by atoms with Crippen molar-refractivity contribution in [3.05, 3.63) is 0 Å². The van der Waals surface area contributed by atoms with Gasteiger partial charge in [-0.2, -0.15) is 0 Å². The Hall–Kier alpha value is 1.30. The van der Waals surface area contributed by atoms with Gasteiger partial charge in [-0.1, -0.05) is 4.73 Å². The Balaban J connectivity index is 0. The second kappa shape index (κ2) is 4.21. The Morgan fingerprint density at radius 1 is 1.57 bits per heavy atom. The van der Waals surface area contributed by atoms with Gasteiger partial charge in [0.05, 0.1) is 0 Å². The van der Waals surface area contributed by atoms with Crippen LogP contribution in [0.25, 0.3) is 0 Å². The van der Waals surface area contributed by atoms with Crippen LogP contribution in [0.4, 0.5) is 4.53 Å². The van der Waals surface area contributed by atoms with Crippen molar-refractivity contribution in [1.29, 1.82) is 0 Å². The normalized spacial score (nSPS) is 10.1. The van der Waals surface area contributed by atoms with E-state index in [4.69, 9.17) is 14.4 Å². The Bertz CT molecular complexity index is 75.8. The molecule has 0 atom stereocenters. The third kappa shape index (κ3) is 11.1. The average Bonchev–Trinajstić information content (AvgIpc) is 1.35. The van der Waals surface area contributed by atoms with Gasteiger partial charge in [0.1, 0.15) is 0 Å². The summed E-state index contributed by atoms with van der Waals surface area (Å²) in [6, 6.07) is 0. The number of phosphoric acid groups is 1. The number of rotatable bonds is 1. The number of hydrogen-bond donors (Lipinski definition) is 2. The van der Waals surface area contributed by atoms with Gasteiger partial charge in [-0.05, 0) is 4.53 Å². The molecule has 0 aliphatic carbocycles. The van der Waals surface area contributed by atoms with Crippen molar-refractivity contribution in [2.24, 2.45) is 0 Å². The molecule has 0 aromatic heterocycles. The molecule has 0 saturated heterocycles. The molecule has 0 aromatic carbocycles. The fraction of sp³-hybridized carbons (Fsp3) is 0. The van der Waals surface area contributed by atoms with Crippen molar-refractivity contribution >= 4 is 45.6 Å². The summed E-state index contributed by atoms with van der Waals surface area (Å²) >= 11 is 0. The molecule has 7 heavy (non-hydrogen) atoms. The van der Waals surface area contributed by atoms with Crippen LogP contribution in [0.15, 0.2) is 0 Å². The molecule has 0 unspecified atom stereocenters. The Morgan fingerprint density at radius 2 is 1.71 bits per heavy atom. The van der Waals surface area contributed by atoms with E-state index in [0.29, 0.717) is 0 Å². The summed E-state index contributed by atoms with van der Waals surface area (Å²) in [7, 11) is -4.81. The fourth-order valence-corrected chi connectivity index (χ4v) is 0. The summed E-state index contributed by atoms with van der Waals surface area (Å²) in [5.74, 6) is 0. The van der Waals surface area contributed by atoms with Crippen molar-refractivity contribution < 1.29 is 23.6 Å². The van der Waals surface area contributed by atoms with Gasteiger partial charge in [-0.25, -0.2) is 4.57 Å². The Morgan fingerprint density at radius 3 is 1.71 bits per heavy atom. The molecule has 0 fully saturated rings. The van der Waals surface area contributed by atoms with Crippen LogP contribution < -0.4 is 0 Å². The molecule has 0 aliphatic heterocycles. The van der Waals surface area contributed by atoms with Crippen molar-refractivity contribution in [2.45, 2.75) is 0 Å². The molecule has 0 spiro atoms. The zero-order chi connectivity index (χ0) is 5.21. The molecule has 0 heterocycles. The molecule has 0 rings (SSSR count). The molecule has 0 radical (unpaired) electrons. The van der Waals surface area contributed by atoms with Crippen LogP contribution in [0.5, 0.6) is 0 Å². The molecule has 0 amide bonds. The SMILES string of the molecule is O=P(O)(O)OF.[CaH2]. The van der Waals surface area contributed by atoms with E-state index in [9.17, 15) is 4.53 Å². The molecule has 42 valence electrons. The zero-order valence-electron chi connectivity index (χ0n) is 2.54. The summed E-state index contributed by atoms with van der Waals surface area (Å²) in [5.41, 5.74) is 0. The average molecular weight is 158 g/mol. The number of halogens is 1. The van der Waals surface area contributed by atoms with Crippen molar-refractivity contribution in [2.75, 3.05) is 0 Å². The van der Waals surface area contributed by atoms with Crippen LogP contribution in [0.3, 0.4) is 0 Å². The van der Waals surface area contributed by atoms with Gasteiger partial charge in [0.25, 0.3) is 0 Å². The second-order valence-electron chi connectivity index (χ2n) is 0.560. The monoisotopic (exact) mass is 158 g/mol. The third-order valence-electron chi connectivity index (χ3n) is 0.0899. The van der Waals surface area contributed by atoms with Gasteiger partial charge in [0, 0.05) is 0 Å². The molecular formula is H4CaFO4P. The predicted molar refractivity (Wildman–Crippen MR) is 22.8 cm³/mol. The first-order valence-electron chi connectivity index (χ1n) is 0.919. The molecule has 0 saturated carbocycles. The summed E-state index contributed by atoms with van der Waals surface area (Å²) in [4.78, 5) is 14.7. The van der Waals surface area contributed by atoms with E-state index in [0.717, 1.165) is 0 Å². The third-order valence-corrected chi connectivity index (χ3v) is 0.270. The van der Waals surface area contributed by atoms with E-state index in [1.54, 1.807) is 0 Å². The first-order chi connectivity index (χ1) is 2.56. The van der Waals surface area contributed by atoms with Crippen LogP contribution in [-0.2, 0) is 9.29 Å². The minimum absolute atomic E-state index is 0. The predicted octanol–water partition coefficient (Wildman–Crippen LogP) is -0.936. The van der Waals surface area contributed by atoms with E-state index >= 15 is 0 Å². The van der Waals surface area contributed by atoms with Crippen molar-refractivity contribution in [1.82, 2.24) is 0 Å². The zero-order valence-corrected chi connectivity index (χ0v) is 3.43. The first kappa shape index (κ1) is 11.1. The summed E-state index contributed by atoms with van der Waals surface area (Å²) in [5, 5.41) is 0. The molecule has 7 heteroatoms. The van der Waals surface area contributed by atoms with E-state index in [1.165, 1.54) is 0 Å². The standard InChI is InChI=1S/Ca.FH2O4P.2H/c;1-5-6(2,3)4;;/h;(H2,2,3,4);;. The maximum atomic E-state index is 10.2. The van der Waals surface area contributed by atoms with Crippen molar-refractivity contribution in [3.63, 3.8) is 0 Å². The van der Waals surface area contributed by atoms with Gasteiger partial charge in [-0.3, -0.25) is 0 Å². The Kier molecular flexibility index (Phi) is 6.70.